The molecule has 2 saturated heterocycles. The van der Waals surface area contributed by atoms with Crippen molar-refractivity contribution in [2.75, 3.05) is 13.2 Å². The molecule has 0 spiro atoms. The Morgan fingerprint density at radius 3 is 1.96 bits per heavy atom. The number of aliphatic hydroxyl groups is 2. The number of benzene rings is 1. The number of aromatic nitrogens is 2. The third-order valence-electron chi connectivity index (χ3n) is 20.5. The number of hydrogen-bond acceptors (Lipinski definition) is 19. The van der Waals surface area contributed by atoms with Crippen LogP contribution in [0.1, 0.15) is 150 Å². The van der Waals surface area contributed by atoms with Crippen molar-refractivity contribution < 1.29 is 83.8 Å². The van der Waals surface area contributed by atoms with Gasteiger partial charge in [0.25, 0.3) is 7.82 Å². The van der Waals surface area contributed by atoms with Crippen molar-refractivity contribution >= 4 is 77.3 Å². The summed E-state index contributed by atoms with van der Waals surface area (Å²) in [6.07, 6.45) is -4.79. The molecule has 15 atom stereocenters. The molecule has 0 saturated carbocycles. The van der Waals surface area contributed by atoms with Gasteiger partial charge in [0.15, 0.2) is 6.23 Å². The van der Waals surface area contributed by atoms with Crippen LogP contribution in [0.4, 0.5) is 0 Å². The summed E-state index contributed by atoms with van der Waals surface area (Å²) < 4.78 is 31.9. The second-order valence-corrected chi connectivity index (χ2v) is 28.3. The van der Waals surface area contributed by atoms with Gasteiger partial charge in [0, 0.05) is 108 Å². The Morgan fingerprint density at radius 1 is 0.806 bits per heavy atom. The topological polar surface area (TPSA) is 489 Å². The molecule has 15 N–H and O–H groups in total. The fourth-order valence-electron chi connectivity index (χ4n) is 15.3. The van der Waals surface area contributed by atoms with E-state index in [1.807, 2.05) is 80.5 Å². The minimum absolute atomic E-state index is 0. The summed E-state index contributed by atoms with van der Waals surface area (Å²) >= 11 is 0. The Hall–Kier alpha value is -7.00. The van der Waals surface area contributed by atoms with Crippen LogP contribution in [0.15, 0.2) is 67.8 Å². The largest absolute Gasteiger partial charge is 2.00 e. The summed E-state index contributed by atoms with van der Waals surface area (Å²) in [5, 5.41) is 36.4. The van der Waals surface area contributed by atoms with Gasteiger partial charge in [0.05, 0.1) is 41.3 Å². The number of amides is 7. The number of carbonyl (C=O) groups excluding carboxylic acids is 7. The van der Waals surface area contributed by atoms with Gasteiger partial charge in [-0.05, 0) is 119 Å². The van der Waals surface area contributed by atoms with Gasteiger partial charge in [-0.15, -0.1) is 0 Å². The first kappa shape index (κ1) is 75.0. The molecule has 1 radical (unpaired) electrons. The zero-order chi connectivity index (χ0) is 68.7. The molecule has 93 heavy (non-hydrogen) atoms. The number of fused-ring (bicyclic) bond motifs is 7. The minimum atomic E-state index is -5.32. The first-order chi connectivity index (χ1) is 42.8. The predicted molar refractivity (Wildman–Crippen MR) is 337 cm³/mol. The average molecular weight is 1360 g/mol. The number of aliphatic imine (C=N–C) groups is 3. The van der Waals surface area contributed by atoms with E-state index in [0.717, 1.165) is 11.1 Å². The summed E-state index contributed by atoms with van der Waals surface area (Å²) in [5.41, 5.74) is 36.7. The van der Waals surface area contributed by atoms with E-state index < -0.39 is 143 Å². The van der Waals surface area contributed by atoms with Gasteiger partial charge in [0.2, 0.25) is 41.4 Å². The van der Waals surface area contributed by atoms with Crippen molar-refractivity contribution in [3.8, 4) is 0 Å². The summed E-state index contributed by atoms with van der Waals surface area (Å²) in [6.45, 7) is 23.7. The SMILES string of the molecule is C/C1=C2/[N-]C([C@H](CC(N)=O)[C@@]2(C)CCC(=O)NCC(C)OP(=O)([O-])O[C@@H]2[C@@H](O)[C@@H](n3cnc4cc(C)c(C)cc43)O[C@@H]2CO)[C@]2(C)N=C(/C(C)=C3N=C(/C=C4N=C1[C@@H](CCC(N)=O)C\4(C)C)[C@@H](CCC(N)=O)[C@]\3(C)CC(N)=O)C(CCC(N)=O)[C@]2(C)CC(N)=O.[C-]#N.[Co+2]. The van der Waals surface area contributed by atoms with E-state index in [1.165, 1.54) is 17.8 Å². The van der Waals surface area contributed by atoms with E-state index in [-0.39, 0.29) is 94.0 Å². The molecule has 8 rings (SSSR count). The second kappa shape index (κ2) is 28.5. The van der Waals surface area contributed by atoms with Crippen molar-refractivity contribution in [1.29, 1.82) is 5.26 Å². The van der Waals surface area contributed by atoms with Crippen molar-refractivity contribution in [3.05, 3.63) is 75.8 Å². The first-order valence-electron chi connectivity index (χ1n) is 30.7. The molecule has 7 amide bonds. The number of nitrogens with zero attached hydrogens (tertiary/aromatic N) is 7. The van der Waals surface area contributed by atoms with Gasteiger partial charge in [0.1, 0.15) is 18.3 Å². The first-order valence-corrected chi connectivity index (χ1v) is 32.2. The molecule has 6 aliphatic heterocycles. The Bertz CT molecular complexity index is 3600. The number of aryl methyl sites for hydroxylation is 2. The van der Waals surface area contributed by atoms with Crippen LogP contribution in [0.3, 0.4) is 0 Å². The normalized spacial score (nSPS) is 33.1. The molecule has 6 aliphatic rings. The maximum Gasteiger partial charge on any atom is 2.00 e. The van der Waals surface area contributed by atoms with Crippen LogP contribution >= 0.6 is 7.82 Å². The monoisotopic (exact) mass is 1350 g/mol. The van der Waals surface area contributed by atoms with E-state index in [1.54, 1.807) is 6.92 Å². The smallest absolute Gasteiger partial charge is 0.756 e. The van der Waals surface area contributed by atoms with Gasteiger partial charge in [-0.25, -0.2) is 4.98 Å². The summed E-state index contributed by atoms with van der Waals surface area (Å²) in [6, 6.07) is 2.65. The number of imidazole rings is 1. The Balaban J connectivity index is 0.00000453. The maximum absolute atomic E-state index is 14.4. The average Bonchev–Trinajstić information content (AvgIpc) is 1.53. The Morgan fingerprint density at radius 2 is 1.39 bits per heavy atom. The number of ether oxygens (including phenoxy) is 1. The molecular weight excluding hydrogens is 1270 g/mol. The Kier molecular flexibility index (Phi) is 23.0. The van der Waals surface area contributed by atoms with E-state index >= 15 is 0 Å². The van der Waals surface area contributed by atoms with Crippen LogP contribution in [-0.4, -0.2) is 127 Å². The van der Waals surface area contributed by atoms with Gasteiger partial charge in [-0.3, -0.25) is 53.1 Å². The number of primary amides is 6. The van der Waals surface area contributed by atoms with Gasteiger partial charge >= 0.3 is 16.8 Å². The third kappa shape index (κ3) is 14.6. The number of phosphoric ester groups is 1. The van der Waals surface area contributed by atoms with E-state index in [4.69, 9.17) is 80.3 Å². The van der Waals surface area contributed by atoms with Crippen LogP contribution in [0.25, 0.3) is 16.4 Å². The molecule has 1 aromatic carbocycles. The molecule has 0 aliphatic carbocycles. The number of carbonyl (C=O) groups is 7. The molecule has 2 fully saturated rings. The fraction of sp³-hybridized carbons (Fsp3) is 0.619. The van der Waals surface area contributed by atoms with Crippen LogP contribution in [-0.2, 0) is 68.7 Å². The zero-order valence-electron chi connectivity index (χ0n) is 54.4. The predicted octanol–water partition coefficient (Wildman–Crippen LogP) is 3.41. The number of nitrogens with one attached hydrogen (secondary N) is 1. The van der Waals surface area contributed by atoms with Gasteiger partial charge < -0.3 is 90.3 Å². The number of rotatable bonds is 26. The van der Waals surface area contributed by atoms with E-state index in [0.29, 0.717) is 56.4 Å². The Labute approximate surface area is 551 Å². The van der Waals surface area contributed by atoms with Gasteiger partial charge in [-0.1, -0.05) is 40.7 Å². The van der Waals surface area contributed by atoms with Gasteiger partial charge in [-0.2, -0.15) is 5.70 Å². The fourth-order valence-corrected chi connectivity index (χ4v) is 16.4. The van der Waals surface area contributed by atoms with Crippen LogP contribution in [0.2, 0.25) is 0 Å². The van der Waals surface area contributed by atoms with Crippen LogP contribution in [0.5, 0.6) is 0 Å². The third-order valence-corrected chi connectivity index (χ3v) is 21.6. The molecule has 8 bridgehead atoms. The summed E-state index contributed by atoms with van der Waals surface area (Å²) in [5.74, 6) is -7.40. The number of allylic oxidation sites excluding steroid dienone is 6. The molecule has 28 nitrogen and oxygen atoms in total. The number of phosphoric acid groups is 1. The number of hydrogen-bond donors (Lipinski definition) is 9. The minimum Gasteiger partial charge on any atom is -0.756 e. The van der Waals surface area contributed by atoms with Crippen molar-refractivity contribution in [1.82, 2.24) is 14.9 Å². The standard InChI is InChI=1S/C62H90N13O14P.CN.Co/c1-29-20-39-40(21-30(29)2)75(28-70-39)57-52(84)53(41(27-76)87-57)89-90(85,86)88-31(3)26-69-49(83)18-19-59(8)37(22-46(66)80)56-62(11)61(10,25-48(68)82)36(14-17-45(65)79)51(74-62)33(5)55-60(9,24-47(67)81)34(12-15-43(63)77)38(71-55)23-42-58(6,7)35(13-16-44(64)78)50(72-42)32(4)54(59)73-56;1-2;/h20-21,23,28,31,34-37,41,52-53,56-57,76,84H,12-19,22,24-27H2,1-11H3,(H15,63,64,65,66,67,68,69,71,72,73,74,77,78,79,80,81,82,83,85,86);;/q;-1;+2/p-2/t31?,34-,35-,36?,37+,41-,52-,53+,56?,57+,59-,60+,61+,62+;;/m1../s1. The number of nitrogens with two attached hydrogens (primary N) is 6. The molecule has 30 heteroatoms. The zero-order valence-corrected chi connectivity index (χ0v) is 56.4. The molecule has 1 aromatic heterocycles. The number of aliphatic hydroxyl groups excluding tert-OH is 2. The summed E-state index contributed by atoms with van der Waals surface area (Å²) in [7, 11) is -5.32. The second-order valence-electron chi connectivity index (χ2n) is 27.0. The van der Waals surface area contributed by atoms with Crippen LogP contribution < -0.4 is 44.6 Å². The van der Waals surface area contributed by atoms with Crippen molar-refractivity contribution in [2.24, 2.45) is 94.7 Å². The van der Waals surface area contributed by atoms with Crippen molar-refractivity contribution in [2.45, 2.75) is 189 Å². The van der Waals surface area contributed by atoms with E-state index in [9.17, 15) is 53.2 Å². The quantitative estimate of drug-likeness (QED) is 0.0481. The molecule has 509 valence electrons. The molecule has 7 heterocycles. The van der Waals surface area contributed by atoms with Crippen LogP contribution in [0, 0.1) is 71.0 Å². The molecule has 2 aromatic rings. The molecule has 4 unspecified atom stereocenters. The molecular formula is C63H88CoN14O14P-. The van der Waals surface area contributed by atoms with Crippen molar-refractivity contribution in [3.63, 3.8) is 0 Å². The van der Waals surface area contributed by atoms with E-state index in [2.05, 4.69) is 10.3 Å². The summed E-state index contributed by atoms with van der Waals surface area (Å²) in [4.78, 5) is 128. The maximum atomic E-state index is 14.4.